The topological polar surface area (TPSA) is 69.7 Å². The molecule has 5 nitrogen and oxygen atoms in total. The number of benzene rings is 2. The van der Waals surface area contributed by atoms with E-state index in [2.05, 4.69) is 15.9 Å². The van der Waals surface area contributed by atoms with Crippen LogP contribution in [0.25, 0.3) is 6.08 Å². The maximum atomic E-state index is 12.5. The minimum Gasteiger partial charge on any atom is -0.481 e. The van der Waals surface area contributed by atoms with E-state index < -0.39 is 5.97 Å². The van der Waals surface area contributed by atoms with Crippen LogP contribution in [0, 0.1) is 0 Å². The van der Waals surface area contributed by atoms with Crippen molar-refractivity contribution in [3.05, 3.63) is 69.2 Å². The highest BCUT2D eigenvalue weighted by Crippen LogP contribution is 2.31. The summed E-state index contributed by atoms with van der Waals surface area (Å²) in [5, 5.41) is 0. The Morgan fingerprint density at radius 2 is 1.73 bits per heavy atom. The van der Waals surface area contributed by atoms with Gasteiger partial charge in [0.15, 0.2) is 18.2 Å². The van der Waals surface area contributed by atoms with Crippen molar-refractivity contribution in [2.24, 2.45) is 0 Å². The molecule has 0 aromatic heterocycles. The van der Waals surface area contributed by atoms with Gasteiger partial charge in [0.1, 0.15) is 5.75 Å². The number of esters is 1. The van der Waals surface area contributed by atoms with Crippen LogP contribution >= 0.6 is 15.9 Å². The van der Waals surface area contributed by atoms with Gasteiger partial charge < -0.3 is 9.47 Å². The van der Waals surface area contributed by atoms with E-state index in [1.54, 1.807) is 49.4 Å². The van der Waals surface area contributed by atoms with Crippen LogP contribution in [0.3, 0.4) is 0 Å². The van der Waals surface area contributed by atoms with E-state index in [1.807, 2.05) is 0 Å². The molecule has 26 heavy (non-hydrogen) atoms. The zero-order chi connectivity index (χ0) is 18.7. The van der Waals surface area contributed by atoms with Crippen LogP contribution in [0.1, 0.15) is 33.2 Å². The lowest BCUT2D eigenvalue weighted by atomic mass is 10.1. The van der Waals surface area contributed by atoms with Crippen molar-refractivity contribution in [3.63, 3.8) is 0 Å². The first kappa shape index (κ1) is 18.1. The Bertz CT molecular complexity index is 893. The van der Waals surface area contributed by atoms with Crippen LogP contribution in [-0.4, -0.2) is 30.7 Å². The van der Waals surface area contributed by atoms with Gasteiger partial charge in [-0.05, 0) is 31.2 Å². The van der Waals surface area contributed by atoms with E-state index in [-0.39, 0.29) is 30.4 Å². The van der Waals surface area contributed by atoms with Gasteiger partial charge in [0.2, 0.25) is 0 Å². The van der Waals surface area contributed by atoms with Gasteiger partial charge >= 0.3 is 5.97 Å². The largest absolute Gasteiger partial charge is 0.481 e. The molecule has 0 bridgehead atoms. The van der Waals surface area contributed by atoms with Crippen molar-refractivity contribution in [2.75, 3.05) is 13.2 Å². The highest BCUT2D eigenvalue weighted by molar-refractivity contribution is 9.10. The first-order chi connectivity index (χ1) is 12.5. The molecule has 0 aliphatic heterocycles. The number of halogens is 1. The molecule has 0 spiro atoms. The number of carbonyl (C=O) groups excluding carboxylic acids is 3. The maximum Gasteiger partial charge on any atom is 0.344 e. The van der Waals surface area contributed by atoms with E-state index in [4.69, 9.17) is 9.47 Å². The zero-order valence-electron chi connectivity index (χ0n) is 14.0. The standard InChI is InChI=1S/C20H15BrO5/c1-2-25-18(22)11-26-17-8-7-13(21)9-12(17)10-16-19(23)14-5-3-4-6-15(14)20(16)24/h3-10H,2,11H2,1H3. The first-order valence-electron chi connectivity index (χ1n) is 7.99. The fraction of sp³-hybridized carbons (Fsp3) is 0.150. The van der Waals surface area contributed by atoms with Crippen molar-refractivity contribution >= 4 is 39.5 Å². The molecule has 0 radical (unpaired) electrons. The number of allylic oxidation sites excluding steroid dienone is 1. The molecular formula is C20H15BrO5. The fourth-order valence-electron chi connectivity index (χ4n) is 2.66. The zero-order valence-corrected chi connectivity index (χ0v) is 15.5. The van der Waals surface area contributed by atoms with Crippen molar-refractivity contribution in [2.45, 2.75) is 6.92 Å². The summed E-state index contributed by atoms with van der Waals surface area (Å²) in [5.41, 5.74) is 1.39. The summed E-state index contributed by atoms with van der Waals surface area (Å²) in [6, 6.07) is 11.8. The molecule has 0 atom stereocenters. The van der Waals surface area contributed by atoms with Crippen LogP contribution in [0.5, 0.6) is 5.75 Å². The van der Waals surface area contributed by atoms with Gasteiger partial charge in [-0.2, -0.15) is 0 Å². The Morgan fingerprint density at radius 3 is 2.35 bits per heavy atom. The quantitative estimate of drug-likeness (QED) is 0.422. The monoisotopic (exact) mass is 414 g/mol. The molecule has 0 amide bonds. The smallest absolute Gasteiger partial charge is 0.344 e. The lowest BCUT2D eigenvalue weighted by Crippen LogP contribution is -2.15. The van der Waals surface area contributed by atoms with Gasteiger partial charge in [0.25, 0.3) is 0 Å². The Hall–Kier alpha value is -2.73. The van der Waals surface area contributed by atoms with E-state index in [9.17, 15) is 14.4 Å². The van der Waals surface area contributed by atoms with Crippen molar-refractivity contribution < 1.29 is 23.9 Å². The molecule has 3 rings (SSSR count). The molecule has 1 aliphatic rings. The Labute approximate surface area is 158 Å². The Balaban J connectivity index is 1.93. The fourth-order valence-corrected chi connectivity index (χ4v) is 3.04. The molecule has 0 saturated carbocycles. The number of hydrogen-bond donors (Lipinski definition) is 0. The normalized spacial score (nSPS) is 12.8. The third kappa shape index (κ3) is 3.60. The first-order valence-corrected chi connectivity index (χ1v) is 8.78. The van der Waals surface area contributed by atoms with Gasteiger partial charge in [-0.1, -0.05) is 40.2 Å². The molecule has 0 N–H and O–H groups in total. The number of Topliss-reactive ketones (excluding diaryl/α,β-unsaturated/α-hetero) is 2. The average Bonchev–Trinajstić information content (AvgIpc) is 2.87. The molecule has 0 heterocycles. The van der Waals surface area contributed by atoms with E-state index in [0.717, 1.165) is 4.47 Å². The number of ether oxygens (including phenoxy) is 2. The van der Waals surface area contributed by atoms with Crippen LogP contribution in [-0.2, 0) is 9.53 Å². The number of rotatable bonds is 5. The average molecular weight is 415 g/mol. The third-order valence-corrected chi connectivity index (χ3v) is 4.32. The van der Waals surface area contributed by atoms with E-state index in [1.165, 1.54) is 6.08 Å². The lowest BCUT2D eigenvalue weighted by Gasteiger charge is -2.09. The molecule has 2 aromatic rings. The molecule has 2 aromatic carbocycles. The molecular weight excluding hydrogens is 400 g/mol. The van der Waals surface area contributed by atoms with E-state index in [0.29, 0.717) is 22.4 Å². The highest BCUT2D eigenvalue weighted by Gasteiger charge is 2.32. The molecule has 0 fully saturated rings. The predicted octanol–water partition coefficient (Wildman–Crippen LogP) is 3.85. The molecule has 1 aliphatic carbocycles. The summed E-state index contributed by atoms with van der Waals surface area (Å²) in [6.45, 7) is 1.72. The second kappa shape index (κ2) is 7.66. The Kier molecular flexibility index (Phi) is 5.32. The third-order valence-electron chi connectivity index (χ3n) is 3.83. The summed E-state index contributed by atoms with van der Waals surface area (Å²) in [7, 11) is 0. The summed E-state index contributed by atoms with van der Waals surface area (Å²) in [5.74, 6) is -0.747. The van der Waals surface area contributed by atoms with Crippen LogP contribution < -0.4 is 4.74 Å². The number of carbonyl (C=O) groups is 3. The van der Waals surface area contributed by atoms with E-state index >= 15 is 0 Å². The maximum absolute atomic E-state index is 12.5. The minimum absolute atomic E-state index is 0.0743. The van der Waals surface area contributed by atoms with Crippen molar-refractivity contribution in [1.29, 1.82) is 0 Å². The Morgan fingerprint density at radius 1 is 1.08 bits per heavy atom. The van der Waals surface area contributed by atoms with Gasteiger partial charge in [0.05, 0.1) is 12.2 Å². The number of fused-ring (bicyclic) bond motifs is 1. The second-order valence-corrected chi connectivity index (χ2v) is 6.45. The lowest BCUT2D eigenvalue weighted by molar-refractivity contribution is -0.145. The second-order valence-electron chi connectivity index (χ2n) is 5.54. The van der Waals surface area contributed by atoms with Gasteiger partial charge in [-0.25, -0.2) is 4.79 Å². The van der Waals surface area contributed by atoms with Crippen molar-refractivity contribution in [1.82, 2.24) is 0 Å². The van der Waals surface area contributed by atoms with Crippen molar-refractivity contribution in [3.8, 4) is 5.75 Å². The molecule has 132 valence electrons. The molecule has 6 heteroatoms. The van der Waals surface area contributed by atoms with Crippen LogP contribution in [0.15, 0.2) is 52.5 Å². The van der Waals surface area contributed by atoms with Gasteiger partial charge in [-0.15, -0.1) is 0 Å². The summed E-state index contributed by atoms with van der Waals surface area (Å²) >= 11 is 3.36. The predicted molar refractivity (Wildman–Crippen MR) is 99.4 cm³/mol. The summed E-state index contributed by atoms with van der Waals surface area (Å²) in [4.78, 5) is 36.6. The van der Waals surface area contributed by atoms with Crippen LogP contribution in [0.4, 0.5) is 0 Å². The summed E-state index contributed by atoms with van der Waals surface area (Å²) in [6.07, 6.45) is 1.50. The van der Waals surface area contributed by atoms with Gasteiger partial charge in [-0.3, -0.25) is 9.59 Å². The summed E-state index contributed by atoms with van der Waals surface area (Å²) < 4.78 is 11.1. The highest BCUT2D eigenvalue weighted by atomic mass is 79.9. The number of ketones is 2. The molecule has 0 saturated heterocycles. The van der Waals surface area contributed by atoms with Gasteiger partial charge in [0, 0.05) is 21.2 Å². The SMILES string of the molecule is CCOC(=O)COc1ccc(Br)cc1C=C1C(=O)c2ccccc2C1=O. The minimum atomic E-state index is -0.491. The van der Waals surface area contributed by atoms with Crippen LogP contribution in [0.2, 0.25) is 0 Å². The molecule has 0 unspecified atom stereocenters. The number of hydrogen-bond acceptors (Lipinski definition) is 5.